The van der Waals surface area contributed by atoms with E-state index in [1.54, 1.807) is 0 Å². The summed E-state index contributed by atoms with van der Waals surface area (Å²) >= 11 is 4.31. The van der Waals surface area contributed by atoms with Crippen LogP contribution in [0.3, 0.4) is 0 Å². The van der Waals surface area contributed by atoms with E-state index in [-0.39, 0.29) is 6.61 Å². The molecule has 0 saturated carbocycles. The molecule has 0 aromatic heterocycles. The smallest absolute Gasteiger partial charge is 0.0642 e. The van der Waals surface area contributed by atoms with Crippen LogP contribution in [0.15, 0.2) is 12.2 Å². The van der Waals surface area contributed by atoms with Crippen LogP contribution in [0.1, 0.15) is 46.5 Å². The summed E-state index contributed by atoms with van der Waals surface area (Å²) in [6.45, 7) is 12.9. The Bertz CT molecular complexity index is 223. The van der Waals surface area contributed by atoms with E-state index < -0.39 is 0 Å². The van der Waals surface area contributed by atoms with Gasteiger partial charge in [0, 0.05) is 0 Å². The second kappa shape index (κ2) is 9.88. The van der Waals surface area contributed by atoms with E-state index in [1.807, 2.05) is 0 Å². The van der Waals surface area contributed by atoms with Crippen molar-refractivity contribution < 1.29 is 5.11 Å². The Hall–Kier alpha value is 0.01000. The van der Waals surface area contributed by atoms with Crippen molar-refractivity contribution >= 4 is 12.6 Å². The van der Waals surface area contributed by atoms with E-state index in [0.717, 1.165) is 30.8 Å². The van der Waals surface area contributed by atoms with Gasteiger partial charge in [-0.15, -0.1) is 0 Å². The highest BCUT2D eigenvalue weighted by Crippen LogP contribution is 2.18. The molecule has 18 heavy (non-hydrogen) atoms. The Labute approximate surface area is 119 Å². The zero-order valence-corrected chi connectivity index (χ0v) is 13.2. The SMILES string of the molecule is C=C(CO)[C@H](CS)CCCCCNCC(C)(C)C. The molecule has 0 aromatic rings. The van der Waals surface area contributed by atoms with Crippen LogP contribution in [0.5, 0.6) is 0 Å². The van der Waals surface area contributed by atoms with Gasteiger partial charge in [-0.1, -0.05) is 40.2 Å². The highest BCUT2D eigenvalue weighted by Gasteiger charge is 2.10. The maximum absolute atomic E-state index is 9.04. The number of hydrogen-bond donors (Lipinski definition) is 3. The van der Waals surface area contributed by atoms with Crippen LogP contribution in [-0.2, 0) is 0 Å². The van der Waals surface area contributed by atoms with Crippen LogP contribution < -0.4 is 5.32 Å². The fourth-order valence-corrected chi connectivity index (χ4v) is 2.28. The fourth-order valence-electron chi connectivity index (χ4n) is 1.83. The third-order valence-corrected chi connectivity index (χ3v) is 3.50. The standard InChI is InChI=1S/C15H31NOS/c1-13(10-17)14(11-18)8-6-5-7-9-16-12-15(2,3)4/h14,16-18H,1,5-12H2,2-4H3/t14-/m0/s1. The summed E-state index contributed by atoms with van der Waals surface area (Å²) in [6, 6.07) is 0. The molecule has 0 aromatic carbocycles. The van der Waals surface area contributed by atoms with Crippen LogP contribution in [0.2, 0.25) is 0 Å². The van der Waals surface area contributed by atoms with Crippen LogP contribution in [0.25, 0.3) is 0 Å². The maximum atomic E-state index is 9.04. The normalized spacial score (nSPS) is 13.6. The van der Waals surface area contributed by atoms with Crippen molar-refractivity contribution in [1.82, 2.24) is 5.32 Å². The summed E-state index contributed by atoms with van der Waals surface area (Å²) in [6.07, 6.45) is 4.75. The van der Waals surface area contributed by atoms with Gasteiger partial charge >= 0.3 is 0 Å². The zero-order chi connectivity index (χ0) is 14.0. The van der Waals surface area contributed by atoms with E-state index in [9.17, 15) is 0 Å². The number of rotatable bonds is 10. The van der Waals surface area contributed by atoms with Crippen molar-refractivity contribution in [3.63, 3.8) is 0 Å². The van der Waals surface area contributed by atoms with Crippen LogP contribution >= 0.6 is 12.6 Å². The molecule has 108 valence electrons. The van der Waals surface area contributed by atoms with Gasteiger partial charge in [0.1, 0.15) is 0 Å². The van der Waals surface area contributed by atoms with E-state index in [1.165, 1.54) is 19.3 Å². The second-order valence-electron chi connectivity index (χ2n) is 6.28. The van der Waals surface area contributed by atoms with Gasteiger partial charge in [-0.2, -0.15) is 12.6 Å². The molecule has 1 atom stereocenters. The molecule has 0 rings (SSSR count). The molecule has 0 amide bonds. The Kier molecular flexibility index (Phi) is 9.88. The average molecular weight is 273 g/mol. The largest absolute Gasteiger partial charge is 0.392 e. The topological polar surface area (TPSA) is 32.3 Å². The average Bonchev–Trinajstić information content (AvgIpc) is 2.30. The third-order valence-electron chi connectivity index (χ3n) is 3.06. The Morgan fingerprint density at radius 2 is 1.94 bits per heavy atom. The Morgan fingerprint density at radius 3 is 2.44 bits per heavy atom. The van der Waals surface area contributed by atoms with Crippen molar-refractivity contribution in [2.45, 2.75) is 46.5 Å². The number of hydrogen-bond acceptors (Lipinski definition) is 3. The minimum atomic E-state index is 0.0956. The number of unbranched alkanes of at least 4 members (excludes halogenated alkanes) is 2. The van der Waals surface area contributed by atoms with Crippen LogP contribution in [-0.4, -0.2) is 30.6 Å². The van der Waals surface area contributed by atoms with Crippen molar-refractivity contribution in [2.24, 2.45) is 11.3 Å². The third kappa shape index (κ3) is 9.98. The molecule has 0 fully saturated rings. The number of aliphatic hydroxyl groups excluding tert-OH is 1. The molecule has 0 radical (unpaired) electrons. The first-order valence-electron chi connectivity index (χ1n) is 7.01. The minimum absolute atomic E-state index is 0.0956. The first-order valence-corrected chi connectivity index (χ1v) is 7.64. The predicted octanol–water partition coefficient (Wildman–Crippen LogP) is 3.28. The molecular formula is C15H31NOS. The summed E-state index contributed by atoms with van der Waals surface area (Å²) in [5.41, 5.74) is 1.30. The van der Waals surface area contributed by atoms with E-state index >= 15 is 0 Å². The quantitative estimate of drug-likeness (QED) is 0.324. The summed E-state index contributed by atoms with van der Waals surface area (Å²) in [7, 11) is 0. The monoisotopic (exact) mass is 273 g/mol. The van der Waals surface area contributed by atoms with Gasteiger partial charge in [-0.3, -0.25) is 0 Å². The molecule has 0 spiro atoms. The van der Waals surface area contributed by atoms with Gasteiger partial charge in [-0.25, -0.2) is 0 Å². The summed E-state index contributed by atoms with van der Waals surface area (Å²) in [4.78, 5) is 0. The lowest BCUT2D eigenvalue weighted by Crippen LogP contribution is -2.27. The minimum Gasteiger partial charge on any atom is -0.392 e. The van der Waals surface area contributed by atoms with Crippen LogP contribution in [0, 0.1) is 11.3 Å². The lowest BCUT2D eigenvalue weighted by atomic mass is 9.96. The van der Waals surface area contributed by atoms with Crippen LogP contribution in [0.4, 0.5) is 0 Å². The van der Waals surface area contributed by atoms with Crippen molar-refractivity contribution in [3.8, 4) is 0 Å². The maximum Gasteiger partial charge on any atom is 0.0642 e. The van der Waals surface area contributed by atoms with Gasteiger partial charge in [-0.05, 0) is 48.6 Å². The highest BCUT2D eigenvalue weighted by atomic mass is 32.1. The second-order valence-corrected chi connectivity index (χ2v) is 6.65. The number of aliphatic hydroxyl groups is 1. The zero-order valence-electron chi connectivity index (χ0n) is 12.3. The highest BCUT2D eigenvalue weighted by molar-refractivity contribution is 7.80. The molecule has 0 bridgehead atoms. The molecular weight excluding hydrogens is 242 g/mol. The first kappa shape index (κ1) is 18.0. The van der Waals surface area contributed by atoms with Gasteiger partial charge in [0.05, 0.1) is 6.61 Å². The molecule has 2 nitrogen and oxygen atoms in total. The molecule has 0 aliphatic carbocycles. The molecule has 0 unspecified atom stereocenters. The van der Waals surface area contributed by atoms with Gasteiger partial charge in [0.25, 0.3) is 0 Å². The van der Waals surface area contributed by atoms with E-state index in [0.29, 0.717) is 11.3 Å². The lowest BCUT2D eigenvalue weighted by Gasteiger charge is -2.19. The van der Waals surface area contributed by atoms with Gasteiger partial charge in [0.15, 0.2) is 0 Å². The first-order chi connectivity index (χ1) is 8.40. The predicted molar refractivity (Wildman–Crippen MR) is 84.4 cm³/mol. The molecule has 2 N–H and O–H groups in total. The molecule has 0 aliphatic rings. The number of nitrogens with one attached hydrogen (secondary N) is 1. The van der Waals surface area contributed by atoms with Gasteiger partial charge < -0.3 is 10.4 Å². The van der Waals surface area contributed by atoms with E-state index in [2.05, 4.69) is 45.3 Å². The summed E-state index contributed by atoms with van der Waals surface area (Å²) in [5, 5.41) is 12.5. The summed E-state index contributed by atoms with van der Waals surface area (Å²) in [5.74, 6) is 1.17. The van der Waals surface area contributed by atoms with Crippen molar-refractivity contribution in [2.75, 3.05) is 25.4 Å². The molecule has 0 aliphatic heterocycles. The molecule has 0 heterocycles. The van der Waals surface area contributed by atoms with E-state index in [4.69, 9.17) is 5.11 Å². The molecule has 3 heteroatoms. The Morgan fingerprint density at radius 1 is 1.28 bits per heavy atom. The Balaban J connectivity index is 3.47. The number of thiol groups is 1. The van der Waals surface area contributed by atoms with Gasteiger partial charge in [0.2, 0.25) is 0 Å². The van der Waals surface area contributed by atoms with Crippen molar-refractivity contribution in [1.29, 1.82) is 0 Å². The van der Waals surface area contributed by atoms with Crippen molar-refractivity contribution in [3.05, 3.63) is 12.2 Å². The fraction of sp³-hybridized carbons (Fsp3) is 0.867. The summed E-state index contributed by atoms with van der Waals surface area (Å²) < 4.78 is 0. The molecule has 0 saturated heterocycles. The lowest BCUT2D eigenvalue weighted by molar-refractivity contribution is 0.314.